The lowest BCUT2D eigenvalue weighted by Gasteiger charge is -2.23. The van der Waals surface area contributed by atoms with E-state index >= 15 is 0 Å². The summed E-state index contributed by atoms with van der Waals surface area (Å²) in [6.45, 7) is 11.5. The molecule has 0 bridgehead atoms. The lowest BCUT2D eigenvalue weighted by molar-refractivity contribution is 0.0839. The third-order valence-electron chi connectivity index (χ3n) is 4.81. The van der Waals surface area contributed by atoms with Crippen LogP contribution in [-0.4, -0.2) is 59.1 Å². The van der Waals surface area contributed by atoms with Crippen LogP contribution in [0.3, 0.4) is 0 Å². The molecule has 1 atom stereocenters. The maximum Gasteiger partial charge on any atom is 0.184 e. The second-order valence-corrected chi connectivity index (χ2v) is 8.50. The molecule has 1 N–H and O–H groups in total. The van der Waals surface area contributed by atoms with Crippen molar-refractivity contribution < 1.29 is 9.74 Å². The standard InChI is InChI=1S/C17H24N8O2/c1-10-11(22-27-21-10)8-25-14-12(20-23-25)13(18-15(19-14)16(2,3)4)24-7-6-17(5,26)9-24/h26H,6-9H2,1-5H3/t17-/m1/s1. The quantitative estimate of drug-likeness (QED) is 0.723. The van der Waals surface area contributed by atoms with Gasteiger partial charge < -0.3 is 10.0 Å². The maximum atomic E-state index is 10.4. The molecule has 0 spiro atoms. The third kappa shape index (κ3) is 3.25. The number of aromatic nitrogens is 7. The molecular weight excluding hydrogens is 348 g/mol. The molecular formula is C17H24N8O2. The average molecular weight is 372 g/mol. The van der Waals surface area contributed by atoms with Gasteiger partial charge in [0.05, 0.1) is 12.1 Å². The fraction of sp³-hybridized carbons (Fsp3) is 0.647. The molecule has 1 fully saturated rings. The van der Waals surface area contributed by atoms with Crippen LogP contribution in [0.4, 0.5) is 5.82 Å². The maximum absolute atomic E-state index is 10.4. The Bertz CT molecular complexity index is 985. The zero-order valence-electron chi connectivity index (χ0n) is 16.3. The molecule has 0 aliphatic carbocycles. The number of aliphatic hydroxyl groups is 1. The van der Waals surface area contributed by atoms with Gasteiger partial charge in [-0.3, -0.25) is 0 Å². The van der Waals surface area contributed by atoms with Gasteiger partial charge in [-0.15, -0.1) is 5.10 Å². The van der Waals surface area contributed by atoms with Crippen LogP contribution in [-0.2, 0) is 12.0 Å². The molecule has 4 heterocycles. The first kappa shape index (κ1) is 17.8. The first-order valence-electron chi connectivity index (χ1n) is 9.01. The molecule has 10 heteroatoms. The number of aryl methyl sites for hydroxylation is 1. The summed E-state index contributed by atoms with van der Waals surface area (Å²) in [7, 11) is 0. The number of β-amino-alcohol motifs (C(OH)–C–C–N with tert-alkyl or cyclic N) is 1. The summed E-state index contributed by atoms with van der Waals surface area (Å²) in [5, 5.41) is 26.7. The van der Waals surface area contributed by atoms with Crippen molar-refractivity contribution in [3.05, 3.63) is 17.2 Å². The Morgan fingerprint density at radius 3 is 2.59 bits per heavy atom. The smallest absolute Gasteiger partial charge is 0.184 e. The van der Waals surface area contributed by atoms with E-state index in [1.807, 2.05) is 13.8 Å². The Labute approximate surface area is 156 Å². The Balaban J connectivity index is 1.84. The van der Waals surface area contributed by atoms with Crippen molar-refractivity contribution in [2.75, 3.05) is 18.0 Å². The lowest BCUT2D eigenvalue weighted by Crippen LogP contribution is -2.31. The van der Waals surface area contributed by atoms with Crippen LogP contribution in [0.2, 0.25) is 0 Å². The van der Waals surface area contributed by atoms with Gasteiger partial charge in [0.15, 0.2) is 17.0 Å². The van der Waals surface area contributed by atoms with E-state index in [2.05, 4.69) is 46.3 Å². The van der Waals surface area contributed by atoms with Crippen LogP contribution in [0.15, 0.2) is 4.63 Å². The molecule has 0 amide bonds. The SMILES string of the molecule is Cc1nonc1Cn1nnc2c(N3CC[C@@](C)(O)C3)nc(C(C)(C)C)nc21. The van der Waals surface area contributed by atoms with Gasteiger partial charge in [-0.1, -0.05) is 36.3 Å². The zero-order chi connectivity index (χ0) is 19.4. The largest absolute Gasteiger partial charge is 0.388 e. The third-order valence-corrected chi connectivity index (χ3v) is 4.81. The first-order valence-corrected chi connectivity index (χ1v) is 9.01. The van der Waals surface area contributed by atoms with Crippen molar-refractivity contribution in [3.8, 4) is 0 Å². The summed E-state index contributed by atoms with van der Waals surface area (Å²) in [4.78, 5) is 11.6. The number of rotatable bonds is 3. The number of nitrogens with zero attached hydrogens (tertiary/aromatic N) is 8. The van der Waals surface area contributed by atoms with Crippen LogP contribution in [0.25, 0.3) is 11.2 Å². The topological polar surface area (TPSA) is 119 Å². The molecule has 144 valence electrons. The Morgan fingerprint density at radius 1 is 1.22 bits per heavy atom. The van der Waals surface area contributed by atoms with Crippen molar-refractivity contribution in [1.29, 1.82) is 0 Å². The minimum Gasteiger partial charge on any atom is -0.388 e. The molecule has 10 nitrogen and oxygen atoms in total. The number of anilines is 1. The molecule has 4 rings (SSSR count). The molecule has 0 saturated carbocycles. The molecule has 1 aliphatic heterocycles. The van der Waals surface area contributed by atoms with E-state index < -0.39 is 5.60 Å². The van der Waals surface area contributed by atoms with Crippen LogP contribution in [0.1, 0.15) is 51.3 Å². The van der Waals surface area contributed by atoms with E-state index in [-0.39, 0.29) is 5.41 Å². The minimum absolute atomic E-state index is 0.244. The number of fused-ring (bicyclic) bond motifs is 1. The van der Waals surface area contributed by atoms with Gasteiger partial charge in [0.25, 0.3) is 0 Å². The van der Waals surface area contributed by atoms with Crippen molar-refractivity contribution in [3.63, 3.8) is 0 Å². The van der Waals surface area contributed by atoms with E-state index in [4.69, 9.17) is 14.6 Å². The molecule has 3 aromatic heterocycles. The molecule has 0 aromatic carbocycles. The predicted octanol–water partition coefficient (Wildman–Crippen LogP) is 1.22. The van der Waals surface area contributed by atoms with E-state index in [1.165, 1.54) is 0 Å². The highest BCUT2D eigenvalue weighted by atomic mass is 16.6. The zero-order valence-corrected chi connectivity index (χ0v) is 16.3. The average Bonchev–Trinajstić information content (AvgIpc) is 3.26. The number of hydrogen-bond acceptors (Lipinski definition) is 9. The molecule has 1 aliphatic rings. The van der Waals surface area contributed by atoms with Gasteiger partial charge in [-0.2, -0.15) is 0 Å². The van der Waals surface area contributed by atoms with Gasteiger partial charge in [-0.25, -0.2) is 19.3 Å². The monoisotopic (exact) mass is 372 g/mol. The minimum atomic E-state index is -0.737. The van der Waals surface area contributed by atoms with E-state index in [1.54, 1.807) is 4.68 Å². The van der Waals surface area contributed by atoms with E-state index in [0.29, 0.717) is 60.2 Å². The normalized spacial score (nSPS) is 20.7. The number of hydrogen-bond donors (Lipinski definition) is 1. The lowest BCUT2D eigenvalue weighted by atomic mass is 9.96. The van der Waals surface area contributed by atoms with Gasteiger partial charge in [0.2, 0.25) is 0 Å². The van der Waals surface area contributed by atoms with Crippen molar-refractivity contribution >= 4 is 17.0 Å². The highest BCUT2D eigenvalue weighted by Crippen LogP contribution is 2.31. The fourth-order valence-corrected chi connectivity index (χ4v) is 3.17. The Hall–Kier alpha value is -2.62. The van der Waals surface area contributed by atoms with Crippen LogP contribution >= 0.6 is 0 Å². The van der Waals surface area contributed by atoms with Gasteiger partial charge in [0.1, 0.15) is 17.2 Å². The summed E-state index contributed by atoms with van der Waals surface area (Å²) >= 11 is 0. The summed E-state index contributed by atoms with van der Waals surface area (Å²) in [5.41, 5.74) is 1.67. The summed E-state index contributed by atoms with van der Waals surface area (Å²) < 4.78 is 6.47. The Kier molecular flexibility index (Phi) is 3.91. The highest BCUT2D eigenvalue weighted by Gasteiger charge is 2.35. The summed E-state index contributed by atoms with van der Waals surface area (Å²) in [6.07, 6.45) is 0.682. The molecule has 3 aromatic rings. The van der Waals surface area contributed by atoms with Gasteiger partial charge >= 0.3 is 0 Å². The van der Waals surface area contributed by atoms with E-state index in [0.717, 1.165) is 0 Å². The summed E-state index contributed by atoms with van der Waals surface area (Å²) in [5.74, 6) is 1.42. The second-order valence-electron chi connectivity index (χ2n) is 8.50. The Morgan fingerprint density at radius 2 is 2.00 bits per heavy atom. The molecule has 27 heavy (non-hydrogen) atoms. The van der Waals surface area contributed by atoms with Crippen molar-refractivity contribution in [2.24, 2.45) is 0 Å². The summed E-state index contributed by atoms with van der Waals surface area (Å²) in [6, 6.07) is 0. The van der Waals surface area contributed by atoms with E-state index in [9.17, 15) is 5.11 Å². The van der Waals surface area contributed by atoms with Crippen LogP contribution < -0.4 is 4.90 Å². The van der Waals surface area contributed by atoms with Crippen LogP contribution in [0.5, 0.6) is 0 Å². The fourth-order valence-electron chi connectivity index (χ4n) is 3.17. The molecule has 0 unspecified atom stereocenters. The second kappa shape index (κ2) is 5.95. The first-order chi connectivity index (χ1) is 12.6. The highest BCUT2D eigenvalue weighted by molar-refractivity contribution is 5.83. The van der Waals surface area contributed by atoms with Gasteiger partial charge in [0, 0.05) is 18.5 Å². The van der Waals surface area contributed by atoms with Crippen LogP contribution in [0, 0.1) is 6.92 Å². The van der Waals surface area contributed by atoms with Crippen molar-refractivity contribution in [1.82, 2.24) is 35.3 Å². The van der Waals surface area contributed by atoms with Gasteiger partial charge in [-0.05, 0) is 20.3 Å². The molecule has 1 saturated heterocycles. The predicted molar refractivity (Wildman–Crippen MR) is 97.4 cm³/mol. The van der Waals surface area contributed by atoms with Crippen molar-refractivity contribution in [2.45, 2.75) is 58.6 Å². The molecule has 0 radical (unpaired) electrons.